The molecule has 1 atom stereocenters. The summed E-state index contributed by atoms with van der Waals surface area (Å²) >= 11 is 11.7. The number of hydrogen-bond donors (Lipinski definition) is 1. The molecule has 0 aromatic heterocycles. The molecule has 0 radical (unpaired) electrons. The fraction of sp³-hybridized carbons (Fsp3) is 0.391. The highest BCUT2D eigenvalue weighted by Crippen LogP contribution is 2.49. The minimum Gasteiger partial charge on any atom is -0.444 e. The average molecular weight is 573 g/mol. The van der Waals surface area contributed by atoms with E-state index < -0.39 is 71.2 Å². The molecule has 6 nitrogen and oxygen atoms in total. The zero-order valence-corrected chi connectivity index (χ0v) is 21.0. The van der Waals surface area contributed by atoms with Gasteiger partial charge in [-0.2, -0.15) is 26.3 Å². The van der Waals surface area contributed by atoms with Crippen LogP contribution in [0.3, 0.4) is 0 Å². The van der Waals surface area contributed by atoms with Gasteiger partial charge in [0.2, 0.25) is 0 Å². The van der Waals surface area contributed by atoms with Gasteiger partial charge in [-0.05, 0) is 56.7 Å². The van der Waals surface area contributed by atoms with Gasteiger partial charge >= 0.3 is 24.5 Å². The van der Waals surface area contributed by atoms with E-state index in [9.17, 15) is 35.9 Å². The van der Waals surface area contributed by atoms with Crippen LogP contribution in [-0.2, 0) is 27.8 Å². The molecule has 1 aliphatic rings. The predicted octanol–water partition coefficient (Wildman–Crippen LogP) is 7.45. The number of anilines is 1. The fourth-order valence-corrected chi connectivity index (χ4v) is 4.13. The van der Waals surface area contributed by atoms with E-state index in [0.29, 0.717) is 11.0 Å². The number of nitrogens with zero attached hydrogens (tertiary/aromatic N) is 1. The van der Waals surface area contributed by atoms with E-state index in [1.807, 2.05) is 0 Å². The van der Waals surface area contributed by atoms with E-state index in [2.05, 4.69) is 5.32 Å². The molecule has 2 aromatic rings. The van der Waals surface area contributed by atoms with Crippen LogP contribution >= 0.6 is 23.2 Å². The lowest BCUT2D eigenvalue weighted by Crippen LogP contribution is -2.46. The van der Waals surface area contributed by atoms with Gasteiger partial charge < -0.3 is 14.8 Å². The summed E-state index contributed by atoms with van der Waals surface area (Å²) in [6.45, 7) is 2.91. The van der Waals surface area contributed by atoms with Gasteiger partial charge in [-0.25, -0.2) is 9.59 Å². The number of carbonyl (C=O) groups excluding carboxylic acids is 2. The monoisotopic (exact) mass is 572 g/mol. The van der Waals surface area contributed by atoms with E-state index in [1.54, 1.807) is 20.8 Å². The molecule has 1 fully saturated rings. The fourth-order valence-electron chi connectivity index (χ4n) is 3.60. The molecule has 1 heterocycles. The number of nitrogens with one attached hydrogen (secondary N) is 1. The van der Waals surface area contributed by atoms with E-state index in [0.717, 1.165) is 24.3 Å². The molecule has 1 N–H and O–H groups in total. The van der Waals surface area contributed by atoms with Crippen LogP contribution in [0.5, 0.6) is 0 Å². The van der Waals surface area contributed by atoms with Crippen molar-refractivity contribution >= 4 is 41.1 Å². The number of alkyl halides is 6. The van der Waals surface area contributed by atoms with Gasteiger partial charge in [-0.15, -0.1) is 0 Å². The van der Waals surface area contributed by atoms with Gasteiger partial charge in [-0.3, -0.25) is 4.90 Å². The summed E-state index contributed by atoms with van der Waals surface area (Å²) in [5, 5.41) is 1.86. The van der Waals surface area contributed by atoms with Gasteiger partial charge in [0, 0.05) is 27.8 Å². The average Bonchev–Trinajstić information content (AvgIpc) is 3.08. The number of ether oxygens (including phenoxy) is 2. The zero-order chi connectivity index (χ0) is 28.0. The second kappa shape index (κ2) is 9.79. The van der Waals surface area contributed by atoms with Crippen molar-refractivity contribution < 1.29 is 45.4 Å². The number of hydrogen-bond acceptors (Lipinski definition) is 4. The summed E-state index contributed by atoms with van der Waals surface area (Å²) in [5.74, 6) is 0. The van der Waals surface area contributed by atoms with Crippen molar-refractivity contribution in [1.82, 2.24) is 5.32 Å². The van der Waals surface area contributed by atoms with Crippen LogP contribution in [0.1, 0.15) is 37.5 Å². The first-order valence-electron chi connectivity index (χ1n) is 10.5. The minimum atomic E-state index is -5.17. The third kappa shape index (κ3) is 6.35. The molecule has 2 amide bonds. The number of rotatable bonds is 4. The standard InChI is InChI=1S/C23H20Cl2F6N2O4/c1-20(2,3)36-18(34)32-10-12-4-5-16(9-17(12)22(26,27)28)33-11-21(23(29,30)31,37-19(33)35)13-6-14(24)8-15(25)7-13/h4-9H,10-11H2,1-3H3,(H,32,34). The topological polar surface area (TPSA) is 67.9 Å². The molecule has 14 heteroatoms. The number of halogens is 8. The Morgan fingerprint density at radius 1 is 1.05 bits per heavy atom. The van der Waals surface area contributed by atoms with Crippen LogP contribution in [0.2, 0.25) is 10.0 Å². The molecular weight excluding hydrogens is 553 g/mol. The van der Waals surface area contributed by atoms with Gasteiger partial charge in [0.15, 0.2) is 0 Å². The first-order valence-corrected chi connectivity index (χ1v) is 11.3. The van der Waals surface area contributed by atoms with Crippen molar-refractivity contribution in [3.8, 4) is 0 Å². The van der Waals surface area contributed by atoms with Crippen LogP contribution in [0, 0.1) is 0 Å². The maximum absolute atomic E-state index is 14.2. The molecular formula is C23H20Cl2F6N2O4. The van der Waals surface area contributed by atoms with Crippen molar-refractivity contribution in [3.05, 3.63) is 63.1 Å². The summed E-state index contributed by atoms with van der Waals surface area (Å²) in [7, 11) is 0. The highest BCUT2D eigenvalue weighted by molar-refractivity contribution is 6.34. The zero-order valence-electron chi connectivity index (χ0n) is 19.5. The number of carbonyl (C=O) groups is 2. The highest BCUT2D eigenvalue weighted by atomic mass is 35.5. The molecule has 1 aliphatic heterocycles. The Balaban J connectivity index is 1.98. The van der Waals surface area contributed by atoms with Crippen molar-refractivity contribution in [3.63, 3.8) is 0 Å². The molecule has 1 unspecified atom stereocenters. The van der Waals surface area contributed by atoms with E-state index in [4.69, 9.17) is 32.7 Å². The second-order valence-electron chi connectivity index (χ2n) is 9.13. The Morgan fingerprint density at radius 3 is 2.16 bits per heavy atom. The third-order valence-corrected chi connectivity index (χ3v) is 5.62. The smallest absolute Gasteiger partial charge is 0.434 e. The van der Waals surface area contributed by atoms with Crippen molar-refractivity contribution in [1.29, 1.82) is 0 Å². The third-order valence-electron chi connectivity index (χ3n) is 5.18. The number of benzene rings is 2. The Bertz CT molecular complexity index is 1190. The van der Waals surface area contributed by atoms with E-state index in [1.165, 1.54) is 6.07 Å². The molecule has 2 aromatic carbocycles. The molecule has 3 rings (SSSR count). The minimum absolute atomic E-state index is 0.165. The molecule has 202 valence electrons. The molecule has 0 bridgehead atoms. The highest BCUT2D eigenvalue weighted by Gasteiger charge is 2.65. The maximum Gasteiger partial charge on any atom is 0.434 e. The van der Waals surface area contributed by atoms with Crippen molar-refractivity contribution in [2.75, 3.05) is 11.4 Å². The van der Waals surface area contributed by atoms with Crippen molar-refractivity contribution in [2.45, 2.75) is 50.9 Å². The predicted molar refractivity (Wildman–Crippen MR) is 123 cm³/mol. The first kappa shape index (κ1) is 28.7. The Kier molecular flexibility index (Phi) is 7.59. The SMILES string of the molecule is CC(C)(C)OC(=O)NCc1ccc(N2CC(c3cc(Cl)cc(Cl)c3)(C(F)(F)F)OC2=O)cc1C(F)(F)F. The van der Waals surface area contributed by atoms with E-state index in [-0.39, 0.29) is 10.0 Å². The first-order chi connectivity index (χ1) is 16.8. The Hall–Kier alpha value is -2.86. The van der Waals surface area contributed by atoms with Crippen molar-refractivity contribution in [2.24, 2.45) is 0 Å². The molecule has 37 heavy (non-hydrogen) atoms. The maximum atomic E-state index is 14.2. The lowest BCUT2D eigenvalue weighted by atomic mass is 9.92. The number of cyclic esters (lactones) is 1. The number of alkyl carbamates (subject to hydrolysis) is 1. The number of amides is 2. The van der Waals surface area contributed by atoms with Gasteiger partial charge in [0.1, 0.15) is 5.60 Å². The van der Waals surface area contributed by atoms with Crippen LogP contribution in [0.25, 0.3) is 0 Å². The summed E-state index contributed by atoms with van der Waals surface area (Å²) < 4.78 is 93.9. The lowest BCUT2D eigenvalue weighted by Gasteiger charge is -2.30. The Morgan fingerprint density at radius 2 is 1.65 bits per heavy atom. The van der Waals surface area contributed by atoms with Crippen LogP contribution in [0.4, 0.5) is 41.6 Å². The van der Waals surface area contributed by atoms with E-state index >= 15 is 0 Å². The molecule has 0 spiro atoms. The lowest BCUT2D eigenvalue weighted by molar-refractivity contribution is -0.250. The van der Waals surface area contributed by atoms with Gasteiger partial charge in [0.25, 0.3) is 5.60 Å². The summed E-state index contributed by atoms with van der Waals surface area (Å²) in [6, 6.07) is 5.44. The van der Waals surface area contributed by atoms with Crippen LogP contribution in [-0.4, -0.2) is 30.5 Å². The van der Waals surface area contributed by atoms with Crippen LogP contribution in [0.15, 0.2) is 36.4 Å². The summed E-state index contributed by atoms with van der Waals surface area (Å²) in [5.41, 5.74) is -6.91. The molecule has 0 saturated carbocycles. The quantitative estimate of drug-likeness (QED) is 0.386. The Labute approximate surface area is 217 Å². The van der Waals surface area contributed by atoms with Gasteiger partial charge in [0.05, 0.1) is 12.1 Å². The summed E-state index contributed by atoms with van der Waals surface area (Å²) in [6.07, 6.45) is -12.6. The molecule has 0 aliphatic carbocycles. The largest absolute Gasteiger partial charge is 0.444 e. The molecule has 1 saturated heterocycles. The van der Waals surface area contributed by atoms with Gasteiger partial charge in [-0.1, -0.05) is 29.3 Å². The second-order valence-corrected chi connectivity index (χ2v) is 10.0. The van der Waals surface area contributed by atoms with Crippen LogP contribution < -0.4 is 10.2 Å². The summed E-state index contributed by atoms with van der Waals surface area (Å²) in [4.78, 5) is 24.8. The normalized spacial score (nSPS) is 18.6.